The number of benzene rings is 1. The van der Waals surface area contributed by atoms with Crippen LogP contribution in [0.2, 0.25) is 0 Å². The molecule has 0 heterocycles. The van der Waals surface area contributed by atoms with Crippen LogP contribution in [0.3, 0.4) is 0 Å². The minimum Gasteiger partial charge on any atom is -0.396 e. The highest BCUT2D eigenvalue weighted by Crippen LogP contribution is 2.14. The summed E-state index contributed by atoms with van der Waals surface area (Å²) in [7, 11) is 0. The summed E-state index contributed by atoms with van der Waals surface area (Å²) >= 11 is 3.43. The molecule has 0 aliphatic rings. The van der Waals surface area contributed by atoms with E-state index in [0.29, 0.717) is 6.04 Å². The molecule has 17 heavy (non-hydrogen) atoms. The van der Waals surface area contributed by atoms with Crippen molar-refractivity contribution in [3.05, 3.63) is 34.3 Å². The lowest BCUT2D eigenvalue weighted by Gasteiger charge is -2.25. The average Bonchev–Trinajstić information content (AvgIpc) is 2.30. The van der Waals surface area contributed by atoms with Gasteiger partial charge in [-0.2, -0.15) is 0 Å². The molecule has 0 aliphatic heterocycles. The molecule has 3 heteroatoms. The first-order chi connectivity index (χ1) is 7.93. The van der Waals surface area contributed by atoms with Crippen LogP contribution < -0.4 is 5.32 Å². The highest BCUT2D eigenvalue weighted by molar-refractivity contribution is 9.10. The molecule has 1 aromatic carbocycles. The summed E-state index contributed by atoms with van der Waals surface area (Å²) in [5.74, 6) is 0. The van der Waals surface area contributed by atoms with E-state index in [-0.39, 0.29) is 12.0 Å². The first-order valence-corrected chi connectivity index (χ1v) is 6.81. The minimum absolute atomic E-state index is 0.0476. The molecule has 0 aliphatic carbocycles. The van der Waals surface area contributed by atoms with Crippen molar-refractivity contribution in [3.63, 3.8) is 0 Å². The van der Waals surface area contributed by atoms with Crippen molar-refractivity contribution in [1.29, 1.82) is 0 Å². The third-order valence-electron chi connectivity index (χ3n) is 2.81. The van der Waals surface area contributed by atoms with E-state index in [0.717, 1.165) is 17.4 Å². The zero-order chi connectivity index (χ0) is 12.9. The molecule has 2 N–H and O–H groups in total. The van der Waals surface area contributed by atoms with Gasteiger partial charge in [-0.1, -0.05) is 41.9 Å². The van der Waals surface area contributed by atoms with E-state index in [9.17, 15) is 5.11 Å². The summed E-state index contributed by atoms with van der Waals surface area (Å²) < 4.78 is 1.11. The Labute approximate surface area is 113 Å². The van der Waals surface area contributed by atoms with Gasteiger partial charge in [0.1, 0.15) is 0 Å². The van der Waals surface area contributed by atoms with Crippen LogP contribution in [0.15, 0.2) is 28.7 Å². The molecular formula is C14H22BrNO. The van der Waals surface area contributed by atoms with Crippen LogP contribution in [-0.2, 0) is 6.42 Å². The summed E-state index contributed by atoms with van der Waals surface area (Å²) in [6, 6.07) is 8.83. The summed E-state index contributed by atoms with van der Waals surface area (Å²) in [4.78, 5) is 0. The Morgan fingerprint density at radius 1 is 1.29 bits per heavy atom. The summed E-state index contributed by atoms with van der Waals surface area (Å²) in [6.45, 7) is 7.35. The first-order valence-electron chi connectivity index (χ1n) is 6.02. The Bertz CT molecular complexity index is 335. The van der Waals surface area contributed by atoms with Crippen molar-refractivity contribution in [2.24, 2.45) is 5.41 Å². The molecule has 0 spiro atoms. The Hall–Kier alpha value is -0.380. The van der Waals surface area contributed by atoms with Gasteiger partial charge in [-0.25, -0.2) is 0 Å². The van der Waals surface area contributed by atoms with Crippen molar-refractivity contribution in [2.45, 2.75) is 33.2 Å². The highest BCUT2D eigenvalue weighted by Gasteiger charge is 2.17. The van der Waals surface area contributed by atoms with Gasteiger partial charge in [0, 0.05) is 29.1 Å². The van der Waals surface area contributed by atoms with E-state index >= 15 is 0 Å². The van der Waals surface area contributed by atoms with E-state index < -0.39 is 0 Å². The number of hydrogen-bond donors (Lipinski definition) is 2. The van der Waals surface area contributed by atoms with Crippen LogP contribution in [0.1, 0.15) is 26.3 Å². The second-order valence-corrected chi connectivity index (χ2v) is 6.35. The predicted molar refractivity (Wildman–Crippen MR) is 76.2 cm³/mol. The Morgan fingerprint density at radius 3 is 2.41 bits per heavy atom. The van der Waals surface area contributed by atoms with Crippen molar-refractivity contribution < 1.29 is 5.11 Å². The number of aliphatic hydroxyl groups excluding tert-OH is 1. The van der Waals surface area contributed by atoms with E-state index in [1.165, 1.54) is 5.56 Å². The third-order valence-corrected chi connectivity index (χ3v) is 3.34. The van der Waals surface area contributed by atoms with Crippen molar-refractivity contribution in [1.82, 2.24) is 5.32 Å². The average molecular weight is 300 g/mol. The smallest absolute Gasteiger partial charge is 0.0494 e. The quantitative estimate of drug-likeness (QED) is 0.846. The molecule has 96 valence electrons. The summed E-state index contributed by atoms with van der Waals surface area (Å²) in [5.41, 5.74) is 1.28. The zero-order valence-corrected chi connectivity index (χ0v) is 12.4. The molecule has 0 amide bonds. The van der Waals surface area contributed by atoms with Gasteiger partial charge in [-0.3, -0.25) is 0 Å². The maximum absolute atomic E-state index is 9.18. The Balaban J connectivity index is 2.39. The minimum atomic E-state index is -0.0476. The SMILES string of the molecule is CC(Cc1ccc(Br)cc1)NCC(C)(C)CO. The van der Waals surface area contributed by atoms with Crippen LogP contribution in [-0.4, -0.2) is 24.3 Å². The Kier molecular flexibility index (Phi) is 5.63. The lowest BCUT2D eigenvalue weighted by atomic mass is 9.94. The number of halogens is 1. The van der Waals surface area contributed by atoms with Gasteiger partial charge >= 0.3 is 0 Å². The largest absolute Gasteiger partial charge is 0.396 e. The maximum atomic E-state index is 9.18. The van der Waals surface area contributed by atoms with Gasteiger partial charge in [0.05, 0.1) is 0 Å². The lowest BCUT2D eigenvalue weighted by Crippen LogP contribution is -2.38. The topological polar surface area (TPSA) is 32.3 Å². The molecule has 0 saturated heterocycles. The molecule has 1 unspecified atom stereocenters. The van der Waals surface area contributed by atoms with Gasteiger partial charge < -0.3 is 10.4 Å². The van der Waals surface area contributed by atoms with Crippen LogP contribution in [0.4, 0.5) is 0 Å². The number of hydrogen-bond acceptors (Lipinski definition) is 2. The van der Waals surface area contributed by atoms with Crippen LogP contribution in [0, 0.1) is 5.41 Å². The van der Waals surface area contributed by atoms with Gasteiger partial charge in [0.15, 0.2) is 0 Å². The molecule has 1 aromatic rings. The zero-order valence-electron chi connectivity index (χ0n) is 10.8. The lowest BCUT2D eigenvalue weighted by molar-refractivity contribution is 0.154. The molecule has 0 aromatic heterocycles. The molecule has 1 atom stereocenters. The fourth-order valence-corrected chi connectivity index (χ4v) is 1.82. The van der Waals surface area contributed by atoms with Gasteiger partial charge in [-0.15, -0.1) is 0 Å². The van der Waals surface area contributed by atoms with Crippen LogP contribution >= 0.6 is 15.9 Å². The second-order valence-electron chi connectivity index (χ2n) is 5.43. The highest BCUT2D eigenvalue weighted by atomic mass is 79.9. The van der Waals surface area contributed by atoms with E-state index in [1.807, 2.05) is 0 Å². The fraction of sp³-hybridized carbons (Fsp3) is 0.571. The Morgan fingerprint density at radius 2 is 1.88 bits per heavy atom. The summed E-state index contributed by atoms with van der Waals surface area (Å²) in [5, 5.41) is 12.6. The molecule has 2 nitrogen and oxygen atoms in total. The van der Waals surface area contributed by atoms with Gasteiger partial charge in [-0.05, 0) is 31.0 Å². The summed E-state index contributed by atoms with van der Waals surface area (Å²) in [6.07, 6.45) is 1.01. The first kappa shape index (κ1) is 14.7. The molecule has 0 fully saturated rings. The molecule has 0 bridgehead atoms. The molecule has 1 rings (SSSR count). The van der Waals surface area contributed by atoms with Crippen LogP contribution in [0.5, 0.6) is 0 Å². The van der Waals surface area contributed by atoms with E-state index in [1.54, 1.807) is 0 Å². The van der Waals surface area contributed by atoms with E-state index in [4.69, 9.17) is 0 Å². The van der Waals surface area contributed by atoms with Gasteiger partial charge in [0.25, 0.3) is 0 Å². The molecule has 0 radical (unpaired) electrons. The normalized spacial score (nSPS) is 13.7. The van der Waals surface area contributed by atoms with Gasteiger partial charge in [0.2, 0.25) is 0 Å². The van der Waals surface area contributed by atoms with E-state index in [2.05, 4.69) is 66.3 Å². The van der Waals surface area contributed by atoms with Crippen molar-refractivity contribution in [2.75, 3.05) is 13.2 Å². The maximum Gasteiger partial charge on any atom is 0.0494 e. The number of rotatable bonds is 6. The predicted octanol–water partition coefficient (Wildman–Crippen LogP) is 2.99. The fourth-order valence-electron chi connectivity index (χ4n) is 1.55. The standard InChI is InChI=1S/C14H22BrNO/c1-11(16-9-14(2,3)10-17)8-12-4-6-13(15)7-5-12/h4-7,11,16-17H,8-10H2,1-3H3. The number of nitrogens with one attached hydrogen (secondary N) is 1. The third kappa shape index (κ3) is 5.66. The van der Waals surface area contributed by atoms with Crippen molar-refractivity contribution >= 4 is 15.9 Å². The van der Waals surface area contributed by atoms with Crippen molar-refractivity contribution in [3.8, 4) is 0 Å². The number of aliphatic hydroxyl groups is 1. The molecular weight excluding hydrogens is 278 g/mol. The second kappa shape index (κ2) is 6.53. The molecule has 0 saturated carbocycles. The monoisotopic (exact) mass is 299 g/mol. The van der Waals surface area contributed by atoms with Crippen LogP contribution in [0.25, 0.3) is 0 Å².